The quantitative estimate of drug-likeness (QED) is 0.549. The van der Waals surface area contributed by atoms with Crippen molar-refractivity contribution < 1.29 is 9.32 Å². The first-order chi connectivity index (χ1) is 4.22. The van der Waals surface area contributed by atoms with Gasteiger partial charge in [-0.1, -0.05) is 0 Å². The molecular weight excluding hydrogens is 144 g/mol. The summed E-state index contributed by atoms with van der Waals surface area (Å²) < 4.78 is 4.46. The monoisotopic (exact) mass is 146 g/mol. The fourth-order valence-corrected chi connectivity index (χ4v) is 0.585. The summed E-state index contributed by atoms with van der Waals surface area (Å²) >= 11 is 5.05. The molecule has 0 aliphatic rings. The third-order valence-electron chi connectivity index (χ3n) is 0.838. The molecule has 1 rings (SSSR count). The molecule has 1 aromatic rings. The molecule has 0 N–H and O–H groups in total. The molecule has 0 spiro atoms. The molecule has 5 heteroatoms. The Balaban J connectivity index is 3.08. The van der Waals surface area contributed by atoms with Gasteiger partial charge in [-0.3, -0.25) is 4.79 Å². The van der Waals surface area contributed by atoms with Crippen LogP contribution in [0.25, 0.3) is 0 Å². The van der Waals surface area contributed by atoms with Crippen LogP contribution in [0.15, 0.2) is 4.52 Å². The van der Waals surface area contributed by atoms with E-state index in [1.807, 2.05) is 0 Å². The molecule has 0 atom stereocenters. The fraction of sp³-hybridized carbons (Fsp3) is 0.250. The zero-order valence-electron chi connectivity index (χ0n) is 4.59. The van der Waals surface area contributed by atoms with Gasteiger partial charge in [0.1, 0.15) is 0 Å². The van der Waals surface area contributed by atoms with Gasteiger partial charge in [0, 0.05) is 5.27 Å². The molecule has 1 heterocycles. The van der Waals surface area contributed by atoms with Crippen LogP contribution in [-0.2, 0) is 0 Å². The van der Waals surface area contributed by atoms with E-state index in [-0.39, 0.29) is 5.69 Å². The first kappa shape index (κ1) is 6.22. The highest BCUT2D eigenvalue weighted by molar-refractivity contribution is 6.67. The molecule has 0 unspecified atom stereocenters. The van der Waals surface area contributed by atoms with Crippen LogP contribution in [0.1, 0.15) is 16.2 Å². The van der Waals surface area contributed by atoms with Gasteiger partial charge in [-0.05, 0) is 18.5 Å². The zero-order valence-corrected chi connectivity index (χ0v) is 5.34. The highest BCUT2D eigenvalue weighted by Crippen LogP contribution is 2.04. The fourth-order valence-electron chi connectivity index (χ4n) is 0.414. The van der Waals surface area contributed by atoms with Crippen LogP contribution in [0.4, 0.5) is 0 Å². The number of aromatic nitrogens is 2. The highest BCUT2D eigenvalue weighted by atomic mass is 35.5. The predicted octanol–water partition coefficient (Wildman–Crippen LogP) is 0.757. The summed E-state index contributed by atoms with van der Waals surface area (Å²) in [4.78, 5) is 10.3. The smallest absolute Gasteiger partial charge is 0.276 e. The summed E-state index contributed by atoms with van der Waals surface area (Å²) in [5.74, 6) is 0.343. The van der Waals surface area contributed by atoms with Gasteiger partial charge < -0.3 is 4.52 Å². The minimum atomic E-state index is -0.645. The predicted molar refractivity (Wildman–Crippen MR) is 29.2 cm³/mol. The molecule has 0 fully saturated rings. The van der Waals surface area contributed by atoms with E-state index < -0.39 is 5.24 Å². The average Bonchev–Trinajstić information content (AvgIpc) is 2.13. The first-order valence-electron chi connectivity index (χ1n) is 2.20. The molecule has 0 aromatic carbocycles. The van der Waals surface area contributed by atoms with Gasteiger partial charge in [0.05, 0.1) is 0 Å². The van der Waals surface area contributed by atoms with Crippen molar-refractivity contribution in [2.45, 2.75) is 6.92 Å². The number of carbonyl (C=O) groups excluding carboxylic acids is 1. The molecular formula is C4H3ClN2O2. The minimum Gasteiger partial charge on any atom is -0.342 e. The van der Waals surface area contributed by atoms with Crippen molar-refractivity contribution in [1.82, 2.24) is 10.4 Å². The maximum Gasteiger partial charge on any atom is 0.276 e. The molecule has 0 saturated heterocycles. The van der Waals surface area contributed by atoms with E-state index in [1.54, 1.807) is 6.92 Å². The van der Waals surface area contributed by atoms with Crippen molar-refractivity contribution >= 4 is 16.8 Å². The molecule has 0 bridgehead atoms. The normalized spacial score (nSPS) is 9.56. The standard InChI is InChI=1S/C4H3ClN2O2/c1-2-3(4(5)8)6-7-9-2/h1H3. The molecule has 0 saturated carbocycles. The van der Waals surface area contributed by atoms with Crippen molar-refractivity contribution in [3.63, 3.8) is 0 Å². The van der Waals surface area contributed by atoms with Crippen molar-refractivity contribution in [3.05, 3.63) is 11.5 Å². The number of hydrogen-bond donors (Lipinski definition) is 0. The lowest BCUT2D eigenvalue weighted by Gasteiger charge is -1.78. The van der Waals surface area contributed by atoms with Crippen molar-refractivity contribution in [2.24, 2.45) is 0 Å². The molecule has 1 aromatic heterocycles. The summed E-state index contributed by atoms with van der Waals surface area (Å²) in [7, 11) is 0. The van der Waals surface area contributed by atoms with Crippen LogP contribution >= 0.6 is 11.6 Å². The number of rotatable bonds is 1. The zero-order chi connectivity index (χ0) is 6.85. The lowest BCUT2D eigenvalue weighted by molar-refractivity contribution is 0.107. The SMILES string of the molecule is Cc1onnc1C(=O)Cl. The van der Waals surface area contributed by atoms with Crippen LogP contribution < -0.4 is 0 Å². The van der Waals surface area contributed by atoms with Gasteiger partial charge in [0.2, 0.25) is 0 Å². The largest absolute Gasteiger partial charge is 0.342 e. The van der Waals surface area contributed by atoms with E-state index in [0.29, 0.717) is 5.76 Å². The van der Waals surface area contributed by atoms with Gasteiger partial charge in [-0.15, -0.1) is 5.10 Å². The Morgan fingerprint density at radius 2 is 2.44 bits per heavy atom. The third-order valence-corrected chi connectivity index (χ3v) is 1.02. The van der Waals surface area contributed by atoms with Gasteiger partial charge in [-0.25, -0.2) is 0 Å². The second-order valence-electron chi connectivity index (χ2n) is 1.45. The van der Waals surface area contributed by atoms with Gasteiger partial charge in [0.25, 0.3) is 5.24 Å². The first-order valence-corrected chi connectivity index (χ1v) is 2.58. The summed E-state index contributed by atoms with van der Waals surface area (Å²) in [6.45, 7) is 1.57. The Labute approximate surface area is 55.8 Å². The van der Waals surface area contributed by atoms with E-state index >= 15 is 0 Å². The molecule has 0 radical (unpaired) electrons. The summed E-state index contributed by atoms with van der Waals surface area (Å²) in [5, 5.41) is 5.79. The minimum absolute atomic E-state index is 0.0802. The highest BCUT2D eigenvalue weighted by Gasteiger charge is 2.10. The Kier molecular flexibility index (Phi) is 1.48. The van der Waals surface area contributed by atoms with Gasteiger partial charge >= 0.3 is 0 Å². The van der Waals surface area contributed by atoms with Crippen LogP contribution in [0.3, 0.4) is 0 Å². The number of halogens is 1. The Bertz CT molecular complexity index is 232. The molecule has 0 amide bonds. The number of carbonyl (C=O) groups is 1. The van der Waals surface area contributed by atoms with Crippen LogP contribution in [0.2, 0.25) is 0 Å². The number of aryl methyl sites for hydroxylation is 1. The Morgan fingerprint density at radius 1 is 1.78 bits per heavy atom. The second-order valence-corrected chi connectivity index (χ2v) is 1.79. The van der Waals surface area contributed by atoms with Gasteiger partial charge in [-0.2, -0.15) is 0 Å². The molecule has 0 aliphatic carbocycles. The third kappa shape index (κ3) is 1.08. The molecule has 0 aliphatic heterocycles. The van der Waals surface area contributed by atoms with Crippen molar-refractivity contribution in [2.75, 3.05) is 0 Å². The Hall–Kier alpha value is -0.900. The maximum absolute atomic E-state index is 10.3. The lowest BCUT2D eigenvalue weighted by Crippen LogP contribution is -1.90. The molecule has 48 valence electrons. The molecule has 9 heavy (non-hydrogen) atoms. The van der Waals surface area contributed by atoms with Crippen LogP contribution in [0, 0.1) is 6.92 Å². The topological polar surface area (TPSA) is 56.0 Å². The average molecular weight is 147 g/mol. The van der Waals surface area contributed by atoms with Crippen molar-refractivity contribution in [1.29, 1.82) is 0 Å². The molecule has 4 nitrogen and oxygen atoms in total. The van der Waals surface area contributed by atoms with Crippen molar-refractivity contribution in [3.8, 4) is 0 Å². The second kappa shape index (κ2) is 2.14. The van der Waals surface area contributed by atoms with E-state index in [0.717, 1.165) is 0 Å². The van der Waals surface area contributed by atoms with Crippen LogP contribution in [0.5, 0.6) is 0 Å². The summed E-state index contributed by atoms with van der Waals surface area (Å²) in [6.07, 6.45) is 0. The Morgan fingerprint density at radius 3 is 2.67 bits per heavy atom. The lowest BCUT2D eigenvalue weighted by atomic mass is 10.4. The van der Waals surface area contributed by atoms with E-state index in [9.17, 15) is 4.79 Å². The number of hydrogen-bond acceptors (Lipinski definition) is 4. The van der Waals surface area contributed by atoms with Crippen LogP contribution in [-0.4, -0.2) is 15.6 Å². The van der Waals surface area contributed by atoms with Gasteiger partial charge in [0.15, 0.2) is 11.5 Å². The van der Waals surface area contributed by atoms with E-state index in [2.05, 4.69) is 14.9 Å². The summed E-state index contributed by atoms with van der Waals surface area (Å²) in [6, 6.07) is 0. The maximum atomic E-state index is 10.3. The van der Waals surface area contributed by atoms with E-state index in [1.165, 1.54) is 0 Å². The summed E-state index contributed by atoms with van der Waals surface area (Å²) in [5.41, 5.74) is 0.0802. The number of nitrogens with zero attached hydrogens (tertiary/aromatic N) is 2. The van der Waals surface area contributed by atoms with E-state index in [4.69, 9.17) is 11.6 Å².